The average Bonchev–Trinajstić information content (AvgIpc) is 3.07. The molecule has 160 valence electrons. The molecule has 0 saturated carbocycles. The molecule has 8 nitrogen and oxygen atoms in total. The van der Waals surface area contributed by atoms with Crippen LogP contribution in [0.25, 0.3) is 6.08 Å². The Morgan fingerprint density at radius 1 is 1.29 bits per heavy atom. The van der Waals surface area contributed by atoms with E-state index < -0.39 is 10.9 Å². The number of carbonyl (C=O) groups is 1. The Hall–Kier alpha value is -3.36. The zero-order chi connectivity index (χ0) is 22.7. The van der Waals surface area contributed by atoms with Crippen molar-refractivity contribution in [2.24, 2.45) is 4.99 Å². The van der Waals surface area contributed by atoms with Crippen molar-refractivity contribution in [1.82, 2.24) is 0 Å². The Kier molecular flexibility index (Phi) is 6.62. The van der Waals surface area contributed by atoms with Crippen molar-refractivity contribution in [3.8, 4) is 11.5 Å². The summed E-state index contributed by atoms with van der Waals surface area (Å²) in [5, 5.41) is 11.3. The minimum Gasteiger partial charge on any atom is -0.493 e. The molecule has 0 amide bonds. The number of nitrogens with zero attached hydrogens (tertiary/aromatic N) is 2. The van der Waals surface area contributed by atoms with E-state index in [-0.39, 0.29) is 39.5 Å². The van der Waals surface area contributed by atoms with Gasteiger partial charge in [-0.2, -0.15) is 0 Å². The van der Waals surface area contributed by atoms with Crippen molar-refractivity contribution in [3.63, 3.8) is 0 Å². The van der Waals surface area contributed by atoms with Gasteiger partial charge in [-0.05, 0) is 48.4 Å². The molecular weight excluding hydrogens is 447 g/mol. The summed E-state index contributed by atoms with van der Waals surface area (Å²) in [5.74, 6) is -0.0775. The Bertz CT molecular complexity index is 1160. The fourth-order valence-electron chi connectivity index (χ4n) is 2.63. The number of halogens is 2. The molecule has 2 aromatic rings. The monoisotopic (exact) mass is 462 g/mol. The van der Waals surface area contributed by atoms with Crippen molar-refractivity contribution < 1.29 is 23.9 Å². The molecule has 0 unspecified atom stereocenters. The van der Waals surface area contributed by atoms with Crippen molar-refractivity contribution >= 4 is 46.8 Å². The van der Waals surface area contributed by atoms with Crippen LogP contribution >= 0.6 is 23.2 Å². The number of nitro groups is 1. The van der Waals surface area contributed by atoms with Gasteiger partial charge in [-0.15, -0.1) is 0 Å². The van der Waals surface area contributed by atoms with E-state index in [2.05, 4.69) is 11.6 Å². The quantitative estimate of drug-likeness (QED) is 0.184. The van der Waals surface area contributed by atoms with Crippen molar-refractivity contribution in [3.05, 3.63) is 79.5 Å². The molecule has 0 atom stereocenters. The summed E-state index contributed by atoms with van der Waals surface area (Å²) < 4.78 is 16.1. The lowest BCUT2D eigenvalue weighted by molar-refractivity contribution is -0.384. The van der Waals surface area contributed by atoms with Gasteiger partial charge in [-0.1, -0.05) is 29.8 Å². The Morgan fingerprint density at radius 3 is 2.68 bits per heavy atom. The number of hydrogen-bond acceptors (Lipinski definition) is 7. The number of benzene rings is 2. The maximum atomic E-state index is 12.3. The summed E-state index contributed by atoms with van der Waals surface area (Å²) in [6.07, 6.45) is 1.45. The zero-order valence-electron chi connectivity index (χ0n) is 16.5. The maximum Gasteiger partial charge on any atom is 0.363 e. The average molecular weight is 463 g/mol. The standard InChI is InChI=1S/C21H16Cl2N2O6/c1-11(2)10-30-19-15(23)6-12(8-18(19)29-3)7-16-21(26)31-20(24-16)13-4-5-14(22)17(9-13)25(27)28/h4-9H,1,10H2,2-3H3/b16-7-. The van der Waals surface area contributed by atoms with Crippen LogP contribution in [0.1, 0.15) is 18.1 Å². The van der Waals surface area contributed by atoms with Gasteiger partial charge in [0.05, 0.1) is 17.1 Å². The number of cyclic esters (lactones) is 1. The van der Waals surface area contributed by atoms with Crippen LogP contribution in [0.2, 0.25) is 10.0 Å². The highest BCUT2D eigenvalue weighted by Gasteiger charge is 2.26. The van der Waals surface area contributed by atoms with E-state index >= 15 is 0 Å². The van der Waals surface area contributed by atoms with E-state index in [1.54, 1.807) is 12.1 Å². The molecule has 1 aliphatic rings. The second-order valence-electron chi connectivity index (χ2n) is 6.54. The van der Waals surface area contributed by atoms with Gasteiger partial charge in [-0.3, -0.25) is 10.1 Å². The number of rotatable bonds is 7. The molecule has 0 aromatic heterocycles. The van der Waals surface area contributed by atoms with Crippen molar-refractivity contribution in [2.75, 3.05) is 13.7 Å². The number of aliphatic imine (C=N–C) groups is 1. The van der Waals surface area contributed by atoms with Gasteiger partial charge in [0, 0.05) is 11.6 Å². The van der Waals surface area contributed by atoms with Crippen LogP contribution < -0.4 is 9.47 Å². The smallest absolute Gasteiger partial charge is 0.363 e. The molecule has 31 heavy (non-hydrogen) atoms. The number of methoxy groups -OCH3 is 1. The van der Waals surface area contributed by atoms with Gasteiger partial charge < -0.3 is 14.2 Å². The number of esters is 1. The summed E-state index contributed by atoms with van der Waals surface area (Å²) in [6.45, 7) is 5.86. The first-order valence-electron chi connectivity index (χ1n) is 8.81. The van der Waals surface area contributed by atoms with Crippen LogP contribution in [-0.2, 0) is 9.53 Å². The fraction of sp³-hybridized carbons (Fsp3) is 0.143. The predicted molar refractivity (Wildman–Crippen MR) is 117 cm³/mol. The van der Waals surface area contributed by atoms with Crippen molar-refractivity contribution in [1.29, 1.82) is 0 Å². The van der Waals surface area contributed by atoms with E-state index in [1.165, 1.54) is 31.4 Å². The first kappa shape index (κ1) is 22.3. The third-order valence-corrected chi connectivity index (χ3v) is 4.63. The Labute approximate surface area is 187 Å². The molecule has 10 heteroatoms. The summed E-state index contributed by atoms with van der Waals surface area (Å²) in [5.41, 5.74) is 1.23. The molecule has 0 bridgehead atoms. The third-order valence-electron chi connectivity index (χ3n) is 4.03. The third kappa shape index (κ3) is 5.04. The van der Waals surface area contributed by atoms with Gasteiger partial charge in [0.15, 0.2) is 17.2 Å². The van der Waals surface area contributed by atoms with Crippen molar-refractivity contribution in [2.45, 2.75) is 6.92 Å². The molecule has 2 aromatic carbocycles. The van der Waals surface area contributed by atoms with Crippen LogP contribution in [0.4, 0.5) is 5.69 Å². The lowest BCUT2D eigenvalue weighted by Gasteiger charge is -2.13. The number of hydrogen-bond donors (Lipinski definition) is 0. The molecule has 0 radical (unpaired) electrons. The molecule has 1 heterocycles. The normalized spacial score (nSPS) is 14.3. The van der Waals surface area contributed by atoms with Crippen LogP contribution in [0.3, 0.4) is 0 Å². The minimum atomic E-state index is -0.717. The summed E-state index contributed by atoms with van der Waals surface area (Å²) in [4.78, 5) is 26.9. The lowest BCUT2D eigenvalue weighted by atomic mass is 10.1. The first-order valence-corrected chi connectivity index (χ1v) is 9.56. The van der Waals surface area contributed by atoms with Gasteiger partial charge in [-0.25, -0.2) is 9.79 Å². The molecule has 1 aliphatic heterocycles. The molecular formula is C21H16Cl2N2O6. The topological polar surface area (TPSA) is 100 Å². The van der Waals surface area contributed by atoms with E-state index in [1.807, 2.05) is 6.92 Å². The number of ether oxygens (including phenoxy) is 3. The van der Waals surface area contributed by atoms with Crippen LogP contribution in [0, 0.1) is 10.1 Å². The van der Waals surface area contributed by atoms with Gasteiger partial charge in [0.2, 0.25) is 5.90 Å². The highest BCUT2D eigenvalue weighted by atomic mass is 35.5. The second kappa shape index (κ2) is 9.20. The Balaban J connectivity index is 1.95. The van der Waals surface area contributed by atoms with Gasteiger partial charge in [0.1, 0.15) is 11.6 Å². The van der Waals surface area contributed by atoms with E-state index in [0.29, 0.717) is 17.1 Å². The van der Waals surface area contributed by atoms with Gasteiger partial charge >= 0.3 is 5.97 Å². The minimum absolute atomic E-state index is 0.0127. The van der Waals surface area contributed by atoms with E-state index in [4.69, 9.17) is 37.4 Å². The highest BCUT2D eigenvalue weighted by Crippen LogP contribution is 2.37. The SMILES string of the molecule is C=C(C)COc1c(Cl)cc(/C=C2\N=C(c3ccc(Cl)c([N+](=O)[O-])c3)OC2=O)cc1OC. The predicted octanol–water partition coefficient (Wildman–Crippen LogP) is 5.21. The van der Waals surface area contributed by atoms with E-state index in [0.717, 1.165) is 5.57 Å². The molecule has 3 rings (SSSR count). The van der Waals surface area contributed by atoms with Crippen LogP contribution in [-0.4, -0.2) is 30.5 Å². The van der Waals surface area contributed by atoms with Crippen LogP contribution in [0.15, 0.2) is 53.2 Å². The maximum absolute atomic E-state index is 12.3. The second-order valence-corrected chi connectivity index (χ2v) is 7.35. The largest absolute Gasteiger partial charge is 0.493 e. The molecule has 0 spiro atoms. The summed E-state index contributed by atoms with van der Waals surface area (Å²) in [6, 6.07) is 7.20. The summed E-state index contributed by atoms with van der Waals surface area (Å²) in [7, 11) is 1.46. The Morgan fingerprint density at radius 2 is 2.03 bits per heavy atom. The zero-order valence-corrected chi connectivity index (χ0v) is 18.0. The molecule has 0 fully saturated rings. The van der Waals surface area contributed by atoms with E-state index in [9.17, 15) is 14.9 Å². The highest BCUT2D eigenvalue weighted by molar-refractivity contribution is 6.33. The molecule has 0 aliphatic carbocycles. The number of nitro benzene ring substituents is 1. The van der Waals surface area contributed by atoms with Crippen LogP contribution in [0.5, 0.6) is 11.5 Å². The summed E-state index contributed by atoms with van der Waals surface area (Å²) >= 11 is 12.1. The molecule has 0 N–H and O–H groups in total. The lowest BCUT2D eigenvalue weighted by Crippen LogP contribution is -2.06. The number of carbonyl (C=O) groups excluding carboxylic acids is 1. The van der Waals surface area contributed by atoms with Gasteiger partial charge in [0.25, 0.3) is 5.69 Å². The first-order chi connectivity index (χ1) is 14.7. The fourth-order valence-corrected chi connectivity index (χ4v) is 3.09. The molecule has 0 saturated heterocycles.